The van der Waals surface area contributed by atoms with E-state index in [0.29, 0.717) is 11.3 Å². The lowest BCUT2D eigenvalue weighted by Crippen LogP contribution is -2.30. The Morgan fingerprint density at radius 2 is 2.21 bits per heavy atom. The van der Waals surface area contributed by atoms with Crippen LogP contribution in [0.4, 0.5) is 0 Å². The number of H-pyrrole nitrogens is 1. The first-order valence-corrected chi connectivity index (χ1v) is 7.40. The van der Waals surface area contributed by atoms with Crippen LogP contribution in [0.1, 0.15) is 17.5 Å². The number of hydrogen-bond acceptors (Lipinski definition) is 4. The first-order chi connectivity index (χ1) is 9.15. The number of nitrogens with one attached hydrogen (secondary N) is 2. The van der Waals surface area contributed by atoms with Gasteiger partial charge in [0.2, 0.25) is 5.82 Å². The molecule has 1 aromatic carbocycles. The fraction of sp³-hybridized carbons (Fsp3) is 0.250. The van der Waals surface area contributed by atoms with Gasteiger partial charge in [-0.05, 0) is 28.1 Å². The van der Waals surface area contributed by atoms with E-state index in [2.05, 4.69) is 55.5 Å². The van der Waals surface area contributed by atoms with Crippen molar-refractivity contribution >= 4 is 33.6 Å². The fourth-order valence-corrected chi connectivity index (χ4v) is 2.63. The Hall–Kier alpha value is -1.34. The van der Waals surface area contributed by atoms with E-state index in [9.17, 15) is 4.79 Å². The van der Waals surface area contributed by atoms with E-state index in [0.717, 1.165) is 0 Å². The van der Waals surface area contributed by atoms with Gasteiger partial charge in [0.1, 0.15) is 0 Å². The first kappa shape index (κ1) is 14.1. The van der Waals surface area contributed by atoms with Crippen LogP contribution in [0.25, 0.3) is 0 Å². The number of carbonyl (C=O) groups excluding carboxylic acids is 1. The third-order valence-electron chi connectivity index (χ3n) is 2.29. The van der Waals surface area contributed by atoms with Crippen molar-refractivity contribution < 1.29 is 4.79 Å². The molecule has 2 aromatic rings. The molecule has 100 valence electrons. The highest BCUT2D eigenvalue weighted by atomic mass is 79.9. The number of amides is 1. The van der Waals surface area contributed by atoms with Gasteiger partial charge in [-0.15, -0.1) is 16.9 Å². The topological polar surface area (TPSA) is 70.7 Å². The zero-order valence-electron chi connectivity index (χ0n) is 10.3. The molecule has 2 N–H and O–H groups in total. The van der Waals surface area contributed by atoms with Gasteiger partial charge in [-0.2, -0.15) is 4.98 Å². The normalized spacial score (nSPS) is 12.1. The third kappa shape index (κ3) is 4.36. The number of carbonyl (C=O) groups is 1. The van der Waals surface area contributed by atoms with Gasteiger partial charge in [0.15, 0.2) is 4.73 Å². The molecule has 0 bridgehead atoms. The molecule has 5 nitrogen and oxygen atoms in total. The van der Waals surface area contributed by atoms with E-state index in [-0.39, 0.29) is 17.0 Å². The Morgan fingerprint density at radius 1 is 1.47 bits per heavy atom. The van der Waals surface area contributed by atoms with Crippen molar-refractivity contribution in [1.29, 1.82) is 0 Å². The van der Waals surface area contributed by atoms with Crippen molar-refractivity contribution in [1.82, 2.24) is 20.5 Å². The molecule has 1 amide bonds. The zero-order valence-corrected chi connectivity index (χ0v) is 12.7. The van der Waals surface area contributed by atoms with E-state index in [1.54, 1.807) is 11.8 Å². The second-order valence-corrected chi connectivity index (χ2v) is 6.16. The maximum Gasteiger partial charge on any atom is 0.291 e. The Bertz CT molecular complexity index is 546. The predicted molar refractivity (Wildman–Crippen MR) is 78.2 cm³/mol. The highest BCUT2D eigenvalue weighted by Crippen LogP contribution is 2.21. The van der Waals surface area contributed by atoms with Crippen molar-refractivity contribution in [2.75, 3.05) is 6.54 Å². The van der Waals surface area contributed by atoms with E-state index < -0.39 is 0 Å². The van der Waals surface area contributed by atoms with E-state index in [1.807, 2.05) is 18.2 Å². The Balaban J connectivity index is 1.80. The van der Waals surface area contributed by atoms with Crippen LogP contribution in [0.5, 0.6) is 0 Å². The summed E-state index contributed by atoms with van der Waals surface area (Å²) in [7, 11) is 0. The number of aromatic amines is 1. The Labute approximate surface area is 123 Å². The molecule has 0 aliphatic rings. The largest absolute Gasteiger partial charge is 0.348 e. The number of hydrogen-bond donors (Lipinski definition) is 2. The molecular weight excluding hydrogens is 328 g/mol. The number of halogens is 1. The summed E-state index contributed by atoms with van der Waals surface area (Å²) in [5.74, 6) is -0.133. The lowest BCUT2D eigenvalue weighted by atomic mass is 10.4. The monoisotopic (exact) mass is 340 g/mol. The maximum absolute atomic E-state index is 11.7. The summed E-state index contributed by atoms with van der Waals surface area (Å²) in [5, 5.41) is 9.42. The van der Waals surface area contributed by atoms with Crippen molar-refractivity contribution in [2.45, 2.75) is 17.1 Å². The van der Waals surface area contributed by atoms with Crippen LogP contribution in [0.3, 0.4) is 0 Å². The molecule has 1 atom stereocenters. The average molecular weight is 341 g/mol. The second-order valence-electron chi connectivity index (χ2n) is 3.90. The van der Waals surface area contributed by atoms with Gasteiger partial charge in [0.05, 0.1) is 0 Å². The molecule has 0 aliphatic heterocycles. The van der Waals surface area contributed by atoms with Gasteiger partial charge >= 0.3 is 0 Å². The van der Waals surface area contributed by atoms with Crippen molar-refractivity contribution in [3.05, 3.63) is 40.9 Å². The quantitative estimate of drug-likeness (QED) is 0.820. The van der Waals surface area contributed by atoms with Gasteiger partial charge in [-0.3, -0.25) is 9.89 Å². The van der Waals surface area contributed by atoms with Crippen molar-refractivity contribution in [3.8, 4) is 0 Å². The summed E-state index contributed by atoms with van der Waals surface area (Å²) in [6.07, 6.45) is 0. The van der Waals surface area contributed by atoms with Gasteiger partial charge in [-0.25, -0.2) is 0 Å². The molecule has 1 unspecified atom stereocenters. The van der Waals surface area contributed by atoms with Gasteiger partial charge in [-0.1, -0.05) is 25.1 Å². The number of rotatable bonds is 5. The van der Waals surface area contributed by atoms with E-state index in [1.165, 1.54) is 4.90 Å². The molecular formula is C12H13BrN4OS. The van der Waals surface area contributed by atoms with Crippen LogP contribution in [0.15, 0.2) is 40.0 Å². The smallest absolute Gasteiger partial charge is 0.291 e. The lowest BCUT2D eigenvalue weighted by molar-refractivity contribution is 0.0944. The summed E-state index contributed by atoms with van der Waals surface area (Å²) < 4.78 is 0.448. The molecule has 7 heteroatoms. The molecule has 0 spiro atoms. The fourth-order valence-electron chi connectivity index (χ4n) is 1.43. The Kier molecular flexibility index (Phi) is 4.98. The number of thioether (sulfide) groups is 1. The van der Waals surface area contributed by atoms with Crippen LogP contribution < -0.4 is 5.32 Å². The maximum atomic E-state index is 11.7. The number of aromatic nitrogens is 3. The molecule has 0 fully saturated rings. The summed E-state index contributed by atoms with van der Waals surface area (Å²) in [4.78, 5) is 16.8. The molecule has 0 saturated carbocycles. The number of benzene rings is 1. The summed E-state index contributed by atoms with van der Waals surface area (Å²) in [6.45, 7) is 2.62. The van der Waals surface area contributed by atoms with Crippen LogP contribution in [-0.2, 0) is 0 Å². The zero-order chi connectivity index (χ0) is 13.7. The lowest BCUT2D eigenvalue weighted by Gasteiger charge is -2.11. The van der Waals surface area contributed by atoms with Gasteiger partial charge in [0, 0.05) is 16.7 Å². The molecule has 1 heterocycles. The van der Waals surface area contributed by atoms with Crippen LogP contribution in [-0.4, -0.2) is 32.9 Å². The highest BCUT2D eigenvalue weighted by Gasteiger charge is 2.12. The van der Waals surface area contributed by atoms with Crippen LogP contribution in [0, 0.1) is 0 Å². The van der Waals surface area contributed by atoms with Crippen molar-refractivity contribution in [2.24, 2.45) is 0 Å². The van der Waals surface area contributed by atoms with Crippen LogP contribution in [0.2, 0.25) is 0 Å². The van der Waals surface area contributed by atoms with Crippen molar-refractivity contribution in [3.63, 3.8) is 0 Å². The molecule has 19 heavy (non-hydrogen) atoms. The van der Waals surface area contributed by atoms with Crippen LogP contribution >= 0.6 is 27.7 Å². The second kappa shape index (κ2) is 6.72. The minimum absolute atomic E-state index is 0.142. The van der Waals surface area contributed by atoms with Gasteiger partial charge < -0.3 is 5.32 Å². The molecule has 1 aromatic heterocycles. The minimum atomic E-state index is -0.275. The van der Waals surface area contributed by atoms with Gasteiger partial charge in [0.25, 0.3) is 5.91 Å². The third-order valence-corrected chi connectivity index (χ3v) is 3.76. The summed E-state index contributed by atoms with van der Waals surface area (Å²) >= 11 is 4.82. The molecule has 0 radical (unpaired) electrons. The SMILES string of the molecule is CC(CNC(=O)c1n[nH]c(Br)n1)Sc1ccccc1. The van der Waals surface area contributed by atoms with E-state index in [4.69, 9.17) is 0 Å². The highest BCUT2D eigenvalue weighted by molar-refractivity contribution is 9.10. The average Bonchev–Trinajstić information content (AvgIpc) is 2.84. The standard InChI is InChI=1S/C12H13BrN4OS/c1-8(19-9-5-3-2-4-6-9)7-14-11(18)10-15-12(13)17-16-10/h2-6,8H,7H2,1H3,(H,14,18)(H,15,16,17). The van der Waals surface area contributed by atoms with E-state index >= 15 is 0 Å². The Morgan fingerprint density at radius 3 is 2.84 bits per heavy atom. The summed E-state index contributed by atoms with van der Waals surface area (Å²) in [5.41, 5.74) is 0. The molecule has 0 saturated heterocycles. The molecule has 0 aliphatic carbocycles. The first-order valence-electron chi connectivity index (χ1n) is 5.73. The predicted octanol–water partition coefficient (Wildman–Crippen LogP) is 2.48. The number of nitrogens with zero attached hydrogens (tertiary/aromatic N) is 2. The minimum Gasteiger partial charge on any atom is -0.348 e. The molecule has 2 rings (SSSR count). The summed E-state index contributed by atoms with van der Waals surface area (Å²) in [6, 6.07) is 10.1.